The fraction of sp³-hybridized carbons (Fsp3) is 0.368. The lowest BCUT2D eigenvalue weighted by atomic mass is 9.92. The molecule has 2 N–H and O–H groups in total. The monoisotopic (exact) mass is 297 g/mol. The highest BCUT2D eigenvalue weighted by Crippen LogP contribution is 2.29. The number of aliphatic hydroxyl groups is 1. The molecule has 2 atom stereocenters. The molecule has 0 bridgehead atoms. The standard InChI is InChI=1S/C19H23NO2/c1-14-6-2-3-7-15(14)12-18(21)16-8-4-5-9-17(16)19-13-20-10-11-22-19/h2-9,18-21H,10-13H2,1H3. The molecular formula is C19H23NO2. The van der Waals surface area contributed by atoms with Crippen LogP contribution >= 0.6 is 0 Å². The van der Waals surface area contributed by atoms with E-state index in [0.29, 0.717) is 13.0 Å². The lowest BCUT2D eigenvalue weighted by Gasteiger charge is -2.27. The minimum Gasteiger partial charge on any atom is -0.388 e. The van der Waals surface area contributed by atoms with Crippen molar-refractivity contribution in [1.82, 2.24) is 5.32 Å². The van der Waals surface area contributed by atoms with Crippen molar-refractivity contribution in [3.8, 4) is 0 Å². The first-order chi connectivity index (χ1) is 10.8. The van der Waals surface area contributed by atoms with Crippen LogP contribution in [0.5, 0.6) is 0 Å². The Morgan fingerprint density at radius 1 is 1.18 bits per heavy atom. The first-order valence-corrected chi connectivity index (χ1v) is 7.89. The third kappa shape index (κ3) is 3.38. The van der Waals surface area contributed by atoms with Crippen molar-refractivity contribution in [2.24, 2.45) is 0 Å². The van der Waals surface area contributed by atoms with Gasteiger partial charge in [0.1, 0.15) is 0 Å². The number of aryl methyl sites for hydroxylation is 1. The molecule has 2 aromatic carbocycles. The Morgan fingerprint density at radius 2 is 1.95 bits per heavy atom. The van der Waals surface area contributed by atoms with Crippen LogP contribution in [0.2, 0.25) is 0 Å². The van der Waals surface area contributed by atoms with Crippen molar-refractivity contribution in [3.63, 3.8) is 0 Å². The zero-order chi connectivity index (χ0) is 15.4. The molecule has 3 rings (SSSR count). The van der Waals surface area contributed by atoms with E-state index in [0.717, 1.165) is 24.2 Å². The number of hydrogen-bond acceptors (Lipinski definition) is 3. The molecule has 1 saturated heterocycles. The summed E-state index contributed by atoms with van der Waals surface area (Å²) in [6.45, 7) is 4.49. The quantitative estimate of drug-likeness (QED) is 0.911. The molecular weight excluding hydrogens is 274 g/mol. The highest BCUT2D eigenvalue weighted by atomic mass is 16.5. The summed E-state index contributed by atoms with van der Waals surface area (Å²) in [4.78, 5) is 0. The second kappa shape index (κ2) is 7.05. The molecule has 2 aromatic rings. The smallest absolute Gasteiger partial charge is 0.0953 e. The van der Waals surface area contributed by atoms with Crippen molar-refractivity contribution in [2.75, 3.05) is 19.7 Å². The summed E-state index contributed by atoms with van der Waals surface area (Å²) in [6.07, 6.45) is 0.142. The maximum atomic E-state index is 10.7. The van der Waals surface area contributed by atoms with Gasteiger partial charge in [-0.3, -0.25) is 0 Å². The number of hydrogen-bond donors (Lipinski definition) is 2. The fourth-order valence-electron chi connectivity index (χ4n) is 3.03. The van der Waals surface area contributed by atoms with Gasteiger partial charge in [0.25, 0.3) is 0 Å². The molecule has 1 fully saturated rings. The Hall–Kier alpha value is -1.68. The van der Waals surface area contributed by atoms with Crippen molar-refractivity contribution in [1.29, 1.82) is 0 Å². The average Bonchev–Trinajstić information content (AvgIpc) is 2.58. The molecule has 0 saturated carbocycles. The van der Waals surface area contributed by atoms with E-state index in [1.165, 1.54) is 11.1 Å². The van der Waals surface area contributed by atoms with Crippen LogP contribution < -0.4 is 5.32 Å². The van der Waals surface area contributed by atoms with E-state index in [1.807, 2.05) is 30.3 Å². The summed E-state index contributed by atoms with van der Waals surface area (Å²) in [7, 11) is 0. The molecule has 0 aromatic heterocycles. The van der Waals surface area contributed by atoms with E-state index >= 15 is 0 Å². The number of morpholine rings is 1. The van der Waals surface area contributed by atoms with Gasteiger partial charge in [-0.25, -0.2) is 0 Å². The van der Waals surface area contributed by atoms with E-state index < -0.39 is 6.10 Å². The second-order valence-corrected chi connectivity index (χ2v) is 5.84. The number of aliphatic hydroxyl groups excluding tert-OH is 1. The van der Waals surface area contributed by atoms with Gasteiger partial charge in [-0.1, -0.05) is 48.5 Å². The van der Waals surface area contributed by atoms with Crippen molar-refractivity contribution in [2.45, 2.75) is 25.6 Å². The summed E-state index contributed by atoms with van der Waals surface area (Å²) in [5, 5.41) is 14.1. The topological polar surface area (TPSA) is 41.5 Å². The summed E-state index contributed by atoms with van der Waals surface area (Å²) < 4.78 is 5.86. The minimum atomic E-state index is -0.511. The van der Waals surface area contributed by atoms with Gasteiger partial charge in [-0.2, -0.15) is 0 Å². The Morgan fingerprint density at radius 3 is 2.73 bits per heavy atom. The Labute approximate surface area is 131 Å². The maximum absolute atomic E-state index is 10.7. The molecule has 0 spiro atoms. The van der Waals surface area contributed by atoms with Gasteiger partial charge in [0.05, 0.1) is 18.8 Å². The van der Waals surface area contributed by atoms with Crippen LogP contribution in [0, 0.1) is 6.92 Å². The zero-order valence-electron chi connectivity index (χ0n) is 13.0. The molecule has 0 radical (unpaired) electrons. The van der Waals surface area contributed by atoms with Gasteiger partial charge in [0.15, 0.2) is 0 Å². The molecule has 22 heavy (non-hydrogen) atoms. The van der Waals surface area contributed by atoms with Crippen LogP contribution in [0.4, 0.5) is 0 Å². The third-order valence-electron chi connectivity index (χ3n) is 4.30. The molecule has 3 heteroatoms. The third-order valence-corrected chi connectivity index (χ3v) is 4.30. The highest BCUT2D eigenvalue weighted by molar-refractivity contribution is 5.34. The molecule has 0 amide bonds. The Bertz CT molecular complexity index is 620. The van der Waals surface area contributed by atoms with E-state index in [9.17, 15) is 5.11 Å². The molecule has 116 valence electrons. The number of nitrogens with one attached hydrogen (secondary N) is 1. The van der Waals surface area contributed by atoms with Gasteiger partial charge < -0.3 is 15.2 Å². The lowest BCUT2D eigenvalue weighted by molar-refractivity contribution is 0.0254. The molecule has 0 aliphatic carbocycles. The predicted octanol–water partition coefficient (Wildman–Crippen LogP) is 2.93. The fourth-order valence-corrected chi connectivity index (χ4v) is 3.03. The largest absolute Gasteiger partial charge is 0.388 e. The van der Waals surface area contributed by atoms with Crippen molar-refractivity contribution < 1.29 is 9.84 Å². The van der Waals surface area contributed by atoms with E-state index in [1.54, 1.807) is 0 Å². The van der Waals surface area contributed by atoms with Gasteiger partial charge in [0.2, 0.25) is 0 Å². The number of rotatable bonds is 4. The summed E-state index contributed by atoms with van der Waals surface area (Å²) in [5.41, 5.74) is 4.47. The first-order valence-electron chi connectivity index (χ1n) is 7.89. The summed E-state index contributed by atoms with van der Waals surface area (Å²) >= 11 is 0. The van der Waals surface area contributed by atoms with Gasteiger partial charge in [-0.05, 0) is 29.2 Å². The molecule has 3 nitrogen and oxygen atoms in total. The van der Waals surface area contributed by atoms with Crippen LogP contribution in [-0.4, -0.2) is 24.8 Å². The number of benzene rings is 2. The van der Waals surface area contributed by atoms with E-state index in [2.05, 4.69) is 30.4 Å². The van der Waals surface area contributed by atoms with Crippen LogP contribution in [0.25, 0.3) is 0 Å². The van der Waals surface area contributed by atoms with E-state index in [4.69, 9.17) is 4.74 Å². The predicted molar refractivity (Wildman–Crippen MR) is 87.8 cm³/mol. The molecule has 2 unspecified atom stereocenters. The molecule has 1 heterocycles. The first kappa shape index (κ1) is 15.2. The van der Waals surface area contributed by atoms with E-state index in [-0.39, 0.29) is 6.10 Å². The summed E-state index contributed by atoms with van der Waals surface area (Å²) in [6, 6.07) is 16.3. The van der Waals surface area contributed by atoms with Crippen molar-refractivity contribution >= 4 is 0 Å². The molecule has 1 aliphatic heterocycles. The Balaban J connectivity index is 1.83. The second-order valence-electron chi connectivity index (χ2n) is 5.84. The lowest BCUT2D eigenvalue weighted by Crippen LogP contribution is -2.34. The zero-order valence-corrected chi connectivity index (χ0v) is 13.0. The van der Waals surface area contributed by atoms with Gasteiger partial charge in [-0.15, -0.1) is 0 Å². The summed E-state index contributed by atoms with van der Waals surface area (Å²) in [5.74, 6) is 0. The molecule has 1 aliphatic rings. The van der Waals surface area contributed by atoms with Crippen LogP contribution in [0.15, 0.2) is 48.5 Å². The van der Waals surface area contributed by atoms with Gasteiger partial charge >= 0.3 is 0 Å². The van der Waals surface area contributed by atoms with Crippen LogP contribution in [-0.2, 0) is 11.2 Å². The normalized spacial score (nSPS) is 19.8. The SMILES string of the molecule is Cc1ccccc1CC(O)c1ccccc1C1CNCCO1. The maximum Gasteiger partial charge on any atom is 0.0953 e. The number of ether oxygens (including phenoxy) is 1. The average molecular weight is 297 g/mol. The Kier molecular flexibility index (Phi) is 4.88. The van der Waals surface area contributed by atoms with Gasteiger partial charge in [0, 0.05) is 19.5 Å². The highest BCUT2D eigenvalue weighted by Gasteiger charge is 2.22. The van der Waals surface area contributed by atoms with Crippen LogP contribution in [0.3, 0.4) is 0 Å². The van der Waals surface area contributed by atoms with Crippen molar-refractivity contribution in [3.05, 3.63) is 70.8 Å². The van der Waals surface area contributed by atoms with Crippen LogP contribution in [0.1, 0.15) is 34.5 Å². The minimum absolute atomic E-state index is 0.0245.